The summed E-state index contributed by atoms with van der Waals surface area (Å²) in [6, 6.07) is 10.1. The van der Waals surface area contributed by atoms with E-state index in [0.29, 0.717) is 17.4 Å². The first-order chi connectivity index (χ1) is 13.1. The van der Waals surface area contributed by atoms with Crippen molar-refractivity contribution in [3.8, 4) is 5.75 Å². The zero-order valence-corrected chi connectivity index (χ0v) is 16.4. The largest absolute Gasteiger partial charge is 0.507 e. The van der Waals surface area contributed by atoms with Gasteiger partial charge in [-0.3, -0.25) is 0 Å². The number of benzene rings is 1. The molecule has 3 nitrogen and oxygen atoms in total. The summed E-state index contributed by atoms with van der Waals surface area (Å²) in [6.45, 7) is 4.41. The fourth-order valence-electron chi connectivity index (χ4n) is 4.82. The molecule has 0 spiro atoms. The summed E-state index contributed by atoms with van der Waals surface area (Å²) >= 11 is 0. The van der Waals surface area contributed by atoms with Crippen molar-refractivity contribution in [2.45, 2.75) is 70.6 Å². The van der Waals surface area contributed by atoms with Crippen LogP contribution < -0.4 is 5.63 Å². The highest BCUT2D eigenvalue weighted by Crippen LogP contribution is 2.49. The van der Waals surface area contributed by atoms with Crippen LogP contribution in [0.25, 0.3) is 0 Å². The molecule has 0 radical (unpaired) electrons. The summed E-state index contributed by atoms with van der Waals surface area (Å²) in [5, 5.41) is 11.2. The molecule has 144 valence electrons. The van der Waals surface area contributed by atoms with Gasteiger partial charge in [0.15, 0.2) is 0 Å². The molecule has 2 aromatic rings. The van der Waals surface area contributed by atoms with Crippen LogP contribution in [-0.2, 0) is 6.42 Å². The minimum absolute atomic E-state index is 0.0560. The first-order valence-corrected chi connectivity index (χ1v) is 10.5. The molecule has 0 saturated heterocycles. The average Bonchev–Trinajstić information content (AvgIpc) is 3.48. The second-order valence-electron chi connectivity index (χ2n) is 8.79. The molecule has 0 aliphatic heterocycles. The van der Waals surface area contributed by atoms with Crippen molar-refractivity contribution in [1.29, 1.82) is 0 Å². The lowest BCUT2D eigenvalue weighted by atomic mass is 9.85. The Labute approximate surface area is 161 Å². The second kappa shape index (κ2) is 7.53. The highest BCUT2D eigenvalue weighted by Gasteiger charge is 2.39. The van der Waals surface area contributed by atoms with Gasteiger partial charge in [0.05, 0.1) is 5.56 Å². The van der Waals surface area contributed by atoms with Gasteiger partial charge in [-0.1, -0.05) is 50.6 Å². The van der Waals surface area contributed by atoms with Gasteiger partial charge in [-0.25, -0.2) is 4.79 Å². The molecule has 0 amide bonds. The van der Waals surface area contributed by atoms with E-state index >= 15 is 0 Å². The predicted molar refractivity (Wildman–Crippen MR) is 107 cm³/mol. The van der Waals surface area contributed by atoms with Crippen LogP contribution >= 0.6 is 0 Å². The SMILES string of the molecule is CC(C)CC1CCCCc2c1oc(=O)c(C(c1ccccc1)C1CC1)c2O. The zero-order valence-electron chi connectivity index (χ0n) is 16.4. The Kier molecular flexibility index (Phi) is 5.12. The zero-order chi connectivity index (χ0) is 19.0. The van der Waals surface area contributed by atoms with Crippen molar-refractivity contribution in [3.05, 3.63) is 63.2 Å². The predicted octanol–water partition coefficient (Wildman–Crippen LogP) is 5.74. The lowest BCUT2D eigenvalue weighted by molar-refractivity contribution is 0.350. The van der Waals surface area contributed by atoms with Gasteiger partial charge in [0, 0.05) is 17.4 Å². The van der Waals surface area contributed by atoms with Crippen LogP contribution in [0.3, 0.4) is 0 Å². The third kappa shape index (κ3) is 3.69. The summed E-state index contributed by atoms with van der Waals surface area (Å²) in [6.07, 6.45) is 7.21. The molecule has 4 rings (SSSR count). The van der Waals surface area contributed by atoms with Crippen LogP contribution in [0.4, 0.5) is 0 Å². The van der Waals surface area contributed by atoms with Crippen molar-refractivity contribution in [2.24, 2.45) is 11.8 Å². The molecule has 3 heteroatoms. The molecule has 1 aromatic carbocycles. The standard InChI is InChI=1S/C24H30O3/c1-15(2)14-18-10-6-7-11-19-22(25)21(24(26)27-23(18)19)20(17-12-13-17)16-8-4-3-5-9-16/h3-5,8-9,15,17-18,20,25H,6-7,10-14H2,1-2H3. The third-order valence-corrected chi connectivity index (χ3v) is 6.18. The number of hydrogen-bond acceptors (Lipinski definition) is 3. The number of hydrogen-bond donors (Lipinski definition) is 1. The van der Waals surface area contributed by atoms with Crippen molar-refractivity contribution in [2.75, 3.05) is 0 Å². The molecule has 1 fully saturated rings. The van der Waals surface area contributed by atoms with Gasteiger partial charge in [0.2, 0.25) is 0 Å². The Morgan fingerprint density at radius 2 is 1.85 bits per heavy atom. The van der Waals surface area contributed by atoms with E-state index in [9.17, 15) is 9.90 Å². The smallest absolute Gasteiger partial charge is 0.343 e. The summed E-state index contributed by atoms with van der Waals surface area (Å²) in [5.74, 6) is 2.13. The van der Waals surface area contributed by atoms with Crippen molar-refractivity contribution in [1.82, 2.24) is 0 Å². The topological polar surface area (TPSA) is 50.4 Å². The summed E-state index contributed by atoms with van der Waals surface area (Å²) in [4.78, 5) is 13.1. The fourth-order valence-corrected chi connectivity index (χ4v) is 4.82. The van der Waals surface area contributed by atoms with Crippen LogP contribution in [0.1, 0.15) is 86.7 Å². The molecular weight excluding hydrogens is 336 g/mol. The normalized spacial score (nSPS) is 20.9. The average molecular weight is 367 g/mol. The van der Waals surface area contributed by atoms with Crippen LogP contribution in [0.5, 0.6) is 5.75 Å². The number of rotatable bonds is 5. The molecule has 1 heterocycles. The second-order valence-corrected chi connectivity index (χ2v) is 8.79. The molecule has 2 atom stereocenters. The highest BCUT2D eigenvalue weighted by molar-refractivity contribution is 5.47. The van der Waals surface area contributed by atoms with E-state index in [4.69, 9.17) is 4.42 Å². The monoisotopic (exact) mass is 366 g/mol. The van der Waals surface area contributed by atoms with E-state index < -0.39 is 0 Å². The van der Waals surface area contributed by atoms with Crippen LogP contribution in [-0.4, -0.2) is 5.11 Å². The van der Waals surface area contributed by atoms with Crippen molar-refractivity contribution < 1.29 is 9.52 Å². The molecule has 2 aliphatic rings. The molecule has 0 bridgehead atoms. The van der Waals surface area contributed by atoms with Gasteiger partial charge in [-0.05, 0) is 55.9 Å². The molecule has 1 saturated carbocycles. The Bertz CT molecular complexity index is 846. The van der Waals surface area contributed by atoms with E-state index in [2.05, 4.69) is 26.0 Å². The first kappa shape index (κ1) is 18.3. The van der Waals surface area contributed by atoms with Gasteiger partial charge in [-0.15, -0.1) is 0 Å². The van der Waals surface area contributed by atoms with Crippen LogP contribution in [0, 0.1) is 11.8 Å². The lowest BCUT2D eigenvalue weighted by Crippen LogP contribution is -2.19. The van der Waals surface area contributed by atoms with Crippen LogP contribution in [0.2, 0.25) is 0 Å². The lowest BCUT2D eigenvalue weighted by Gasteiger charge is -2.22. The molecule has 2 aliphatic carbocycles. The number of aromatic hydroxyl groups is 1. The van der Waals surface area contributed by atoms with Gasteiger partial charge in [0.25, 0.3) is 0 Å². The molecule has 27 heavy (non-hydrogen) atoms. The van der Waals surface area contributed by atoms with Gasteiger partial charge < -0.3 is 9.52 Å². The Morgan fingerprint density at radius 1 is 1.11 bits per heavy atom. The van der Waals surface area contributed by atoms with Gasteiger partial charge >= 0.3 is 5.63 Å². The summed E-state index contributed by atoms with van der Waals surface area (Å²) in [5.41, 5.74) is 2.17. The minimum atomic E-state index is -0.331. The van der Waals surface area contributed by atoms with Crippen molar-refractivity contribution in [3.63, 3.8) is 0 Å². The quantitative estimate of drug-likeness (QED) is 0.686. The first-order valence-electron chi connectivity index (χ1n) is 10.5. The third-order valence-electron chi connectivity index (χ3n) is 6.18. The Hall–Kier alpha value is -2.03. The minimum Gasteiger partial charge on any atom is -0.507 e. The maximum Gasteiger partial charge on any atom is 0.343 e. The Morgan fingerprint density at radius 3 is 2.52 bits per heavy atom. The molecular formula is C24H30O3. The van der Waals surface area contributed by atoms with Crippen LogP contribution in [0.15, 0.2) is 39.5 Å². The van der Waals surface area contributed by atoms with E-state index in [1.54, 1.807) is 0 Å². The van der Waals surface area contributed by atoms with E-state index in [1.165, 1.54) is 0 Å². The highest BCUT2D eigenvalue weighted by atomic mass is 16.4. The van der Waals surface area contributed by atoms with E-state index in [1.807, 2.05) is 18.2 Å². The maximum absolute atomic E-state index is 13.1. The van der Waals surface area contributed by atoms with Crippen molar-refractivity contribution >= 4 is 0 Å². The van der Waals surface area contributed by atoms with E-state index in [0.717, 1.165) is 61.8 Å². The molecule has 1 N–H and O–H groups in total. The fraction of sp³-hybridized carbons (Fsp3) is 0.542. The summed E-state index contributed by atoms with van der Waals surface area (Å²) in [7, 11) is 0. The maximum atomic E-state index is 13.1. The number of fused-ring (bicyclic) bond motifs is 1. The van der Waals surface area contributed by atoms with Gasteiger partial charge in [0.1, 0.15) is 11.5 Å². The Balaban J connectivity index is 1.83. The molecule has 2 unspecified atom stereocenters. The van der Waals surface area contributed by atoms with E-state index in [-0.39, 0.29) is 23.2 Å². The van der Waals surface area contributed by atoms with Gasteiger partial charge in [-0.2, -0.15) is 0 Å². The molecule has 1 aromatic heterocycles. The summed E-state index contributed by atoms with van der Waals surface area (Å²) < 4.78 is 5.97.